The van der Waals surface area contributed by atoms with Crippen LogP contribution in [-0.2, 0) is 7.05 Å². The third kappa shape index (κ3) is 3.07. The molecular formula is C16H19N3O3S. The molecule has 7 heteroatoms. The van der Waals surface area contributed by atoms with Gasteiger partial charge in [0.1, 0.15) is 0 Å². The molecule has 1 aromatic carbocycles. The van der Waals surface area contributed by atoms with Gasteiger partial charge in [-0.3, -0.25) is 14.2 Å². The standard InChI is InChI=1S/C16H19N3O3S/c1-19-15(22)10-7-6-9(8-12(10)18-16(19)23)14(21)17-11-4-2-3-5-13(11)20/h6-8,11,13,20H,2-5H2,1H3,(H,17,21)(H,18,23)/t11-,13-/m0/s1. The maximum absolute atomic E-state index is 12.4. The fraction of sp³-hybridized carbons (Fsp3) is 0.438. The summed E-state index contributed by atoms with van der Waals surface area (Å²) in [6.45, 7) is 0. The van der Waals surface area contributed by atoms with E-state index in [2.05, 4.69) is 10.3 Å². The van der Waals surface area contributed by atoms with Crippen LogP contribution in [0.2, 0.25) is 0 Å². The zero-order valence-corrected chi connectivity index (χ0v) is 13.7. The number of carbonyl (C=O) groups excluding carboxylic acids is 1. The average molecular weight is 333 g/mol. The Balaban J connectivity index is 1.91. The Morgan fingerprint density at radius 2 is 2.13 bits per heavy atom. The van der Waals surface area contributed by atoms with E-state index >= 15 is 0 Å². The third-order valence-electron chi connectivity index (χ3n) is 4.41. The van der Waals surface area contributed by atoms with Gasteiger partial charge in [0.15, 0.2) is 4.77 Å². The van der Waals surface area contributed by atoms with Gasteiger partial charge in [-0.15, -0.1) is 0 Å². The molecule has 0 radical (unpaired) electrons. The zero-order valence-electron chi connectivity index (χ0n) is 12.8. The molecule has 1 aromatic heterocycles. The number of aromatic nitrogens is 2. The van der Waals surface area contributed by atoms with Crippen molar-refractivity contribution in [1.29, 1.82) is 0 Å². The molecule has 3 N–H and O–H groups in total. The first-order chi connectivity index (χ1) is 11.0. The maximum Gasteiger partial charge on any atom is 0.261 e. The molecular weight excluding hydrogens is 314 g/mol. The number of aromatic amines is 1. The van der Waals surface area contributed by atoms with Crippen LogP contribution in [-0.4, -0.2) is 32.7 Å². The smallest absolute Gasteiger partial charge is 0.261 e. The molecule has 1 aliphatic carbocycles. The minimum Gasteiger partial charge on any atom is -0.391 e. The Hall–Kier alpha value is -1.99. The second kappa shape index (κ2) is 6.25. The van der Waals surface area contributed by atoms with Gasteiger partial charge in [0.25, 0.3) is 11.5 Å². The second-order valence-electron chi connectivity index (χ2n) is 5.99. The zero-order chi connectivity index (χ0) is 16.6. The minimum absolute atomic E-state index is 0.196. The van der Waals surface area contributed by atoms with E-state index < -0.39 is 6.10 Å². The van der Waals surface area contributed by atoms with Crippen LogP contribution < -0.4 is 10.9 Å². The van der Waals surface area contributed by atoms with Gasteiger partial charge in [0.05, 0.1) is 23.0 Å². The predicted molar refractivity (Wildman–Crippen MR) is 90.1 cm³/mol. The summed E-state index contributed by atoms with van der Waals surface area (Å²) in [7, 11) is 1.60. The molecule has 1 amide bonds. The molecule has 0 spiro atoms. The Morgan fingerprint density at radius 3 is 2.87 bits per heavy atom. The number of aliphatic hydroxyl groups is 1. The number of benzene rings is 1. The lowest BCUT2D eigenvalue weighted by molar-refractivity contribution is 0.0717. The van der Waals surface area contributed by atoms with Crippen LogP contribution in [0.15, 0.2) is 23.0 Å². The molecule has 122 valence electrons. The number of amides is 1. The molecule has 0 bridgehead atoms. The lowest BCUT2D eigenvalue weighted by Crippen LogP contribution is -2.45. The summed E-state index contributed by atoms with van der Waals surface area (Å²) in [4.78, 5) is 27.5. The Bertz CT molecular complexity index is 871. The molecule has 1 heterocycles. The molecule has 0 saturated heterocycles. The summed E-state index contributed by atoms with van der Waals surface area (Å²) in [5.41, 5.74) is 0.780. The van der Waals surface area contributed by atoms with Gasteiger partial charge in [-0.1, -0.05) is 12.8 Å². The van der Waals surface area contributed by atoms with E-state index in [-0.39, 0.29) is 17.5 Å². The number of hydrogen-bond donors (Lipinski definition) is 3. The van der Waals surface area contributed by atoms with Gasteiger partial charge in [0.2, 0.25) is 0 Å². The van der Waals surface area contributed by atoms with Gasteiger partial charge in [0, 0.05) is 12.6 Å². The van der Waals surface area contributed by atoms with Crippen molar-refractivity contribution in [2.24, 2.45) is 7.05 Å². The van der Waals surface area contributed by atoms with Crippen LogP contribution in [0, 0.1) is 4.77 Å². The van der Waals surface area contributed by atoms with E-state index in [0.717, 1.165) is 19.3 Å². The first-order valence-electron chi connectivity index (χ1n) is 7.69. The van der Waals surface area contributed by atoms with E-state index in [1.165, 1.54) is 4.57 Å². The number of fused-ring (bicyclic) bond motifs is 1. The van der Waals surface area contributed by atoms with Gasteiger partial charge in [-0.05, 0) is 43.3 Å². The van der Waals surface area contributed by atoms with Crippen molar-refractivity contribution in [3.63, 3.8) is 0 Å². The van der Waals surface area contributed by atoms with Gasteiger partial charge in [-0.25, -0.2) is 0 Å². The van der Waals surface area contributed by atoms with Crippen molar-refractivity contribution < 1.29 is 9.90 Å². The molecule has 6 nitrogen and oxygen atoms in total. The number of aliphatic hydroxyl groups excluding tert-OH is 1. The van der Waals surface area contributed by atoms with Crippen LogP contribution in [0.5, 0.6) is 0 Å². The quantitative estimate of drug-likeness (QED) is 0.729. The lowest BCUT2D eigenvalue weighted by atomic mass is 9.92. The highest BCUT2D eigenvalue weighted by Crippen LogP contribution is 2.19. The largest absolute Gasteiger partial charge is 0.391 e. The van der Waals surface area contributed by atoms with Crippen molar-refractivity contribution in [3.05, 3.63) is 38.9 Å². The number of H-pyrrole nitrogens is 1. The van der Waals surface area contributed by atoms with Crippen LogP contribution in [0.1, 0.15) is 36.0 Å². The first kappa shape index (κ1) is 15.9. The summed E-state index contributed by atoms with van der Waals surface area (Å²) < 4.78 is 1.67. The Kier molecular flexibility index (Phi) is 4.32. The van der Waals surface area contributed by atoms with E-state index in [4.69, 9.17) is 12.2 Å². The summed E-state index contributed by atoms with van der Waals surface area (Å²) in [6.07, 6.45) is 2.99. The van der Waals surface area contributed by atoms with Crippen LogP contribution >= 0.6 is 12.2 Å². The van der Waals surface area contributed by atoms with Crippen molar-refractivity contribution in [1.82, 2.24) is 14.9 Å². The second-order valence-corrected chi connectivity index (χ2v) is 6.37. The Morgan fingerprint density at radius 1 is 1.39 bits per heavy atom. The normalized spacial score (nSPS) is 21.3. The van der Waals surface area contributed by atoms with E-state index in [0.29, 0.717) is 27.7 Å². The minimum atomic E-state index is -0.494. The van der Waals surface area contributed by atoms with Crippen molar-refractivity contribution >= 4 is 29.0 Å². The molecule has 23 heavy (non-hydrogen) atoms. The van der Waals surface area contributed by atoms with Crippen LogP contribution in [0.4, 0.5) is 0 Å². The molecule has 3 rings (SSSR count). The van der Waals surface area contributed by atoms with Crippen molar-refractivity contribution in [3.8, 4) is 0 Å². The van der Waals surface area contributed by atoms with Gasteiger partial charge < -0.3 is 15.4 Å². The molecule has 2 aromatic rings. The highest BCUT2D eigenvalue weighted by Gasteiger charge is 2.24. The SMILES string of the molecule is Cn1c(=S)[nH]c2cc(C(=O)N[C@H]3CCCC[C@@H]3O)ccc2c1=O. The molecule has 1 saturated carbocycles. The number of nitrogens with one attached hydrogen (secondary N) is 2. The summed E-state index contributed by atoms with van der Waals surface area (Å²) >= 11 is 5.10. The van der Waals surface area contributed by atoms with Crippen molar-refractivity contribution in [2.75, 3.05) is 0 Å². The summed E-state index contributed by atoms with van der Waals surface area (Å²) in [6, 6.07) is 4.64. The Labute approximate surface area is 138 Å². The summed E-state index contributed by atoms with van der Waals surface area (Å²) in [5.74, 6) is -0.252. The number of carbonyl (C=O) groups is 1. The molecule has 0 unspecified atom stereocenters. The molecule has 2 atom stereocenters. The highest BCUT2D eigenvalue weighted by atomic mass is 32.1. The number of rotatable bonds is 2. The van der Waals surface area contributed by atoms with E-state index in [1.54, 1.807) is 25.2 Å². The molecule has 0 aliphatic heterocycles. The number of nitrogens with zero attached hydrogens (tertiary/aromatic N) is 1. The third-order valence-corrected chi connectivity index (χ3v) is 4.78. The average Bonchev–Trinajstić information content (AvgIpc) is 2.54. The topological polar surface area (TPSA) is 87.1 Å². The van der Waals surface area contributed by atoms with Crippen molar-refractivity contribution in [2.45, 2.75) is 37.8 Å². The fourth-order valence-corrected chi connectivity index (χ4v) is 3.17. The van der Waals surface area contributed by atoms with Gasteiger partial charge in [-0.2, -0.15) is 0 Å². The highest BCUT2D eigenvalue weighted by molar-refractivity contribution is 7.71. The van der Waals surface area contributed by atoms with Gasteiger partial charge >= 0.3 is 0 Å². The number of hydrogen-bond acceptors (Lipinski definition) is 4. The predicted octanol–water partition coefficient (Wildman–Crippen LogP) is 1.63. The maximum atomic E-state index is 12.4. The monoisotopic (exact) mass is 333 g/mol. The lowest BCUT2D eigenvalue weighted by Gasteiger charge is -2.28. The molecule has 1 fully saturated rings. The van der Waals surface area contributed by atoms with Crippen LogP contribution in [0.25, 0.3) is 10.9 Å². The van der Waals surface area contributed by atoms with E-state index in [1.807, 2.05) is 0 Å². The van der Waals surface area contributed by atoms with Crippen LogP contribution in [0.3, 0.4) is 0 Å². The summed E-state index contributed by atoms with van der Waals surface area (Å²) in [5, 5.41) is 13.3. The fourth-order valence-electron chi connectivity index (χ4n) is 2.98. The first-order valence-corrected chi connectivity index (χ1v) is 8.10. The molecule has 1 aliphatic rings. The van der Waals surface area contributed by atoms with E-state index in [9.17, 15) is 14.7 Å².